The summed E-state index contributed by atoms with van der Waals surface area (Å²) in [5.74, 6) is -0.299. The van der Waals surface area contributed by atoms with Crippen LogP contribution in [0.2, 0.25) is 0 Å². The molecule has 94 valence electrons. The Hall–Kier alpha value is -2.08. The van der Waals surface area contributed by atoms with E-state index in [1.165, 1.54) is 11.3 Å². The predicted octanol–water partition coefficient (Wildman–Crippen LogP) is 2.56. The molecule has 5 nitrogen and oxygen atoms in total. The lowest BCUT2D eigenvalue weighted by molar-refractivity contribution is 0.0692. The van der Waals surface area contributed by atoms with Crippen LogP contribution in [0.5, 0.6) is 5.75 Å². The van der Waals surface area contributed by atoms with E-state index in [2.05, 4.69) is 10.3 Å². The zero-order valence-electron chi connectivity index (χ0n) is 9.93. The number of aromatic nitrogens is 1. The van der Waals surface area contributed by atoms with Crippen LogP contribution < -0.4 is 10.1 Å². The summed E-state index contributed by atoms with van der Waals surface area (Å²) in [6.07, 6.45) is 0. The van der Waals surface area contributed by atoms with E-state index in [0.29, 0.717) is 10.0 Å². The summed E-state index contributed by atoms with van der Waals surface area (Å²) in [6, 6.07) is 7.22. The van der Waals surface area contributed by atoms with Crippen molar-refractivity contribution in [3.8, 4) is 16.2 Å². The Balaban J connectivity index is 2.47. The van der Waals surface area contributed by atoms with E-state index in [0.717, 1.165) is 11.3 Å². The highest BCUT2D eigenvalue weighted by molar-refractivity contribution is 7.19. The fourth-order valence-corrected chi connectivity index (χ4v) is 2.43. The Morgan fingerprint density at radius 2 is 2.06 bits per heavy atom. The molecular weight excluding hydrogens is 252 g/mol. The molecule has 1 aromatic carbocycles. The standard InChI is InChI=1S/C12H12N2O3S/c1-13-12-14-9(11(15)16)10(18-12)7-3-5-8(17-2)6-4-7/h3-6H,1-2H3,(H,13,14)(H,15,16). The van der Waals surface area contributed by atoms with Crippen LogP contribution in [0.3, 0.4) is 0 Å². The number of carboxylic acids is 1. The number of nitrogens with zero attached hydrogens (tertiary/aromatic N) is 1. The Morgan fingerprint density at radius 1 is 1.39 bits per heavy atom. The molecule has 0 saturated carbocycles. The number of carbonyl (C=O) groups is 1. The number of benzene rings is 1. The molecule has 0 bridgehead atoms. The Morgan fingerprint density at radius 3 is 2.56 bits per heavy atom. The molecule has 2 rings (SSSR count). The van der Waals surface area contributed by atoms with Crippen LogP contribution in [0.15, 0.2) is 24.3 Å². The molecular formula is C12H12N2O3S. The lowest BCUT2D eigenvalue weighted by Gasteiger charge is -2.01. The topological polar surface area (TPSA) is 71.5 Å². The minimum atomic E-state index is -1.03. The molecule has 18 heavy (non-hydrogen) atoms. The third-order valence-electron chi connectivity index (χ3n) is 2.40. The van der Waals surface area contributed by atoms with E-state index in [9.17, 15) is 4.79 Å². The lowest BCUT2D eigenvalue weighted by Crippen LogP contribution is -1.99. The average molecular weight is 264 g/mol. The quantitative estimate of drug-likeness (QED) is 0.888. The monoisotopic (exact) mass is 264 g/mol. The number of anilines is 1. The molecule has 0 spiro atoms. The largest absolute Gasteiger partial charge is 0.497 e. The molecule has 0 fully saturated rings. The van der Waals surface area contributed by atoms with Gasteiger partial charge in [0, 0.05) is 7.05 Å². The molecule has 2 N–H and O–H groups in total. The minimum absolute atomic E-state index is 0.0644. The number of hydrogen-bond donors (Lipinski definition) is 2. The van der Waals surface area contributed by atoms with Crippen LogP contribution in [0.4, 0.5) is 5.13 Å². The number of carboxylic acid groups (broad SMARTS) is 1. The van der Waals surface area contributed by atoms with Crippen molar-refractivity contribution < 1.29 is 14.6 Å². The van der Waals surface area contributed by atoms with Crippen molar-refractivity contribution in [2.75, 3.05) is 19.5 Å². The SMILES string of the molecule is CNc1nc(C(=O)O)c(-c2ccc(OC)cc2)s1. The second-order valence-corrected chi connectivity index (χ2v) is 4.48. The lowest BCUT2D eigenvalue weighted by atomic mass is 10.1. The van der Waals surface area contributed by atoms with Gasteiger partial charge in [-0.05, 0) is 29.8 Å². The molecule has 2 aromatic rings. The summed E-state index contributed by atoms with van der Waals surface area (Å²) in [7, 11) is 3.30. The number of hydrogen-bond acceptors (Lipinski definition) is 5. The second-order valence-electron chi connectivity index (χ2n) is 3.48. The Labute approximate surface area is 108 Å². The Bertz CT molecular complexity index is 563. The van der Waals surface area contributed by atoms with Crippen molar-refractivity contribution in [2.45, 2.75) is 0 Å². The third-order valence-corrected chi connectivity index (χ3v) is 3.52. The fourth-order valence-electron chi connectivity index (χ4n) is 1.51. The summed E-state index contributed by atoms with van der Waals surface area (Å²) >= 11 is 1.31. The van der Waals surface area contributed by atoms with Gasteiger partial charge in [0.25, 0.3) is 0 Å². The fraction of sp³-hybridized carbons (Fsp3) is 0.167. The van der Waals surface area contributed by atoms with E-state index in [1.807, 2.05) is 12.1 Å². The molecule has 0 saturated heterocycles. The van der Waals surface area contributed by atoms with Gasteiger partial charge in [0.2, 0.25) is 0 Å². The third kappa shape index (κ3) is 2.28. The van der Waals surface area contributed by atoms with Crippen molar-refractivity contribution in [1.29, 1.82) is 0 Å². The zero-order chi connectivity index (χ0) is 13.1. The molecule has 0 aliphatic rings. The van der Waals surface area contributed by atoms with Crippen molar-refractivity contribution >= 4 is 22.4 Å². The number of thiazole rings is 1. The van der Waals surface area contributed by atoms with Gasteiger partial charge in [0.15, 0.2) is 10.8 Å². The number of aromatic carboxylic acids is 1. The highest BCUT2D eigenvalue weighted by Gasteiger charge is 2.18. The maximum Gasteiger partial charge on any atom is 0.356 e. The summed E-state index contributed by atoms with van der Waals surface area (Å²) in [4.78, 5) is 15.8. The molecule has 0 radical (unpaired) electrons. The van der Waals surface area contributed by atoms with Gasteiger partial charge < -0.3 is 15.2 Å². The van der Waals surface area contributed by atoms with Crippen molar-refractivity contribution in [2.24, 2.45) is 0 Å². The first-order valence-corrected chi connectivity index (χ1v) is 6.03. The smallest absolute Gasteiger partial charge is 0.356 e. The molecule has 0 amide bonds. The van der Waals surface area contributed by atoms with Gasteiger partial charge in [-0.2, -0.15) is 0 Å². The molecule has 6 heteroatoms. The summed E-state index contributed by atoms with van der Waals surface area (Å²) in [5, 5.41) is 12.6. The van der Waals surface area contributed by atoms with Crippen LogP contribution in [-0.4, -0.2) is 30.2 Å². The van der Waals surface area contributed by atoms with E-state index >= 15 is 0 Å². The van der Waals surface area contributed by atoms with Gasteiger partial charge in [-0.3, -0.25) is 0 Å². The summed E-state index contributed by atoms with van der Waals surface area (Å²) in [5.41, 5.74) is 0.877. The second kappa shape index (κ2) is 5.05. The Kier molecular flexibility index (Phi) is 3.47. The van der Waals surface area contributed by atoms with Crippen LogP contribution >= 0.6 is 11.3 Å². The first-order valence-electron chi connectivity index (χ1n) is 5.22. The van der Waals surface area contributed by atoms with Gasteiger partial charge in [-0.25, -0.2) is 9.78 Å². The van der Waals surface area contributed by atoms with E-state index in [1.54, 1.807) is 26.3 Å². The van der Waals surface area contributed by atoms with Crippen LogP contribution in [0, 0.1) is 0 Å². The van der Waals surface area contributed by atoms with Gasteiger partial charge in [0.1, 0.15) is 5.75 Å². The normalized spacial score (nSPS) is 10.1. The van der Waals surface area contributed by atoms with Crippen molar-refractivity contribution in [3.05, 3.63) is 30.0 Å². The molecule has 0 aliphatic carbocycles. The zero-order valence-corrected chi connectivity index (χ0v) is 10.7. The van der Waals surface area contributed by atoms with E-state index in [4.69, 9.17) is 9.84 Å². The van der Waals surface area contributed by atoms with Crippen LogP contribution in [-0.2, 0) is 0 Å². The van der Waals surface area contributed by atoms with Gasteiger partial charge in [-0.15, -0.1) is 0 Å². The number of ether oxygens (including phenoxy) is 1. The summed E-state index contributed by atoms with van der Waals surface area (Å²) in [6.45, 7) is 0. The first kappa shape index (κ1) is 12.4. The maximum absolute atomic E-state index is 11.1. The van der Waals surface area contributed by atoms with Crippen molar-refractivity contribution in [3.63, 3.8) is 0 Å². The molecule has 0 unspecified atom stereocenters. The van der Waals surface area contributed by atoms with Gasteiger partial charge in [-0.1, -0.05) is 11.3 Å². The average Bonchev–Trinajstić information content (AvgIpc) is 2.83. The first-order chi connectivity index (χ1) is 8.65. The van der Waals surface area contributed by atoms with E-state index < -0.39 is 5.97 Å². The molecule has 0 atom stereocenters. The molecule has 1 heterocycles. The number of methoxy groups -OCH3 is 1. The van der Waals surface area contributed by atoms with E-state index in [-0.39, 0.29) is 5.69 Å². The van der Waals surface area contributed by atoms with Gasteiger partial charge >= 0.3 is 5.97 Å². The summed E-state index contributed by atoms with van der Waals surface area (Å²) < 4.78 is 5.07. The minimum Gasteiger partial charge on any atom is -0.497 e. The van der Waals surface area contributed by atoms with Gasteiger partial charge in [0.05, 0.1) is 12.0 Å². The predicted molar refractivity (Wildman–Crippen MR) is 70.6 cm³/mol. The highest BCUT2D eigenvalue weighted by Crippen LogP contribution is 2.33. The molecule has 1 aromatic heterocycles. The van der Waals surface area contributed by atoms with Crippen LogP contribution in [0.25, 0.3) is 10.4 Å². The van der Waals surface area contributed by atoms with Crippen molar-refractivity contribution in [1.82, 2.24) is 4.98 Å². The van der Waals surface area contributed by atoms with Crippen LogP contribution in [0.1, 0.15) is 10.5 Å². The number of nitrogens with one attached hydrogen (secondary N) is 1. The maximum atomic E-state index is 11.1. The molecule has 0 aliphatic heterocycles. The highest BCUT2D eigenvalue weighted by atomic mass is 32.1. The number of rotatable bonds is 4.